The Balaban J connectivity index is 1.75. The second kappa shape index (κ2) is 6.69. The largest absolute Gasteiger partial charge is 0.322 e. The number of amides is 2. The van der Waals surface area contributed by atoms with Gasteiger partial charge in [0.25, 0.3) is 17.4 Å². The Morgan fingerprint density at radius 2 is 1.96 bits per heavy atom. The molecule has 2 amide bonds. The molecular weight excluding hydrogens is 367 g/mol. The standard InChI is InChI=1S/C18H23FN6O3/c1-18(2)17(28)24(19)8-7-23(18)16(27)12-10-21-25-13(9-14(26)22-15(12)25)11-3-5-20-6-4-11/h9-11,20H,3-8H2,1-2H3,(H,22,26). The van der Waals surface area contributed by atoms with Gasteiger partial charge in [0, 0.05) is 18.5 Å². The topological polar surface area (TPSA) is 103 Å². The first-order chi connectivity index (χ1) is 13.3. The summed E-state index contributed by atoms with van der Waals surface area (Å²) in [6.07, 6.45) is 3.16. The molecule has 150 valence electrons. The van der Waals surface area contributed by atoms with Crippen LogP contribution in [-0.4, -0.2) is 68.2 Å². The summed E-state index contributed by atoms with van der Waals surface area (Å²) in [5.74, 6) is -1.06. The monoisotopic (exact) mass is 390 g/mol. The van der Waals surface area contributed by atoms with E-state index < -0.39 is 17.4 Å². The van der Waals surface area contributed by atoms with Crippen molar-refractivity contribution in [1.82, 2.24) is 29.9 Å². The summed E-state index contributed by atoms with van der Waals surface area (Å²) >= 11 is 0. The molecule has 9 nitrogen and oxygen atoms in total. The molecule has 0 bridgehead atoms. The maximum Gasteiger partial charge on any atom is 0.275 e. The van der Waals surface area contributed by atoms with Crippen molar-refractivity contribution in [2.45, 2.75) is 38.1 Å². The molecule has 0 radical (unpaired) electrons. The number of hydrogen-bond acceptors (Lipinski definition) is 5. The van der Waals surface area contributed by atoms with E-state index >= 15 is 0 Å². The lowest BCUT2D eigenvalue weighted by Gasteiger charge is -2.42. The van der Waals surface area contributed by atoms with Gasteiger partial charge in [-0.15, -0.1) is 0 Å². The van der Waals surface area contributed by atoms with Gasteiger partial charge in [-0.05, 0) is 39.8 Å². The number of piperidine rings is 1. The van der Waals surface area contributed by atoms with Crippen LogP contribution in [0.1, 0.15) is 48.7 Å². The molecule has 2 saturated heterocycles. The molecule has 0 aliphatic carbocycles. The second-order valence-corrected chi connectivity index (χ2v) is 7.81. The Hall–Kier alpha value is -2.75. The van der Waals surface area contributed by atoms with Gasteiger partial charge in [0.05, 0.1) is 18.4 Å². The van der Waals surface area contributed by atoms with E-state index in [2.05, 4.69) is 15.4 Å². The number of H-pyrrole nitrogens is 1. The van der Waals surface area contributed by atoms with E-state index in [-0.39, 0.29) is 35.3 Å². The molecule has 0 atom stereocenters. The Kier molecular flexibility index (Phi) is 4.45. The number of nitrogens with zero attached hydrogens (tertiary/aromatic N) is 4. The summed E-state index contributed by atoms with van der Waals surface area (Å²) in [5.41, 5.74) is -0.369. The zero-order valence-electron chi connectivity index (χ0n) is 15.9. The Morgan fingerprint density at radius 1 is 1.25 bits per heavy atom. The van der Waals surface area contributed by atoms with Gasteiger partial charge in [-0.1, -0.05) is 4.48 Å². The van der Waals surface area contributed by atoms with Gasteiger partial charge in [-0.25, -0.2) is 4.52 Å². The number of aromatic nitrogens is 3. The minimum atomic E-state index is -1.33. The lowest BCUT2D eigenvalue weighted by molar-refractivity contribution is -0.164. The predicted molar refractivity (Wildman–Crippen MR) is 98.6 cm³/mol. The highest BCUT2D eigenvalue weighted by Gasteiger charge is 2.45. The number of nitrogens with one attached hydrogen (secondary N) is 2. The van der Waals surface area contributed by atoms with E-state index in [9.17, 15) is 18.9 Å². The SMILES string of the molecule is CC1(C)C(=O)N(F)CCN1C(=O)c1cnn2c(C3CCNCC3)cc(=O)[nH]c12. The molecule has 2 aromatic heterocycles. The molecule has 2 N–H and O–H groups in total. The molecule has 4 heterocycles. The summed E-state index contributed by atoms with van der Waals surface area (Å²) in [7, 11) is 0. The molecule has 2 aliphatic heterocycles. The van der Waals surface area contributed by atoms with Gasteiger partial charge in [0.2, 0.25) is 0 Å². The maximum atomic E-state index is 13.7. The Morgan fingerprint density at radius 3 is 2.68 bits per heavy atom. The first-order valence-electron chi connectivity index (χ1n) is 9.42. The molecule has 2 fully saturated rings. The molecule has 4 rings (SSSR count). The summed E-state index contributed by atoms with van der Waals surface area (Å²) in [4.78, 5) is 41.7. The molecule has 2 aliphatic rings. The first kappa shape index (κ1) is 18.6. The average Bonchev–Trinajstić information content (AvgIpc) is 3.09. The van der Waals surface area contributed by atoms with Crippen LogP contribution in [0, 0.1) is 0 Å². The van der Waals surface area contributed by atoms with Crippen LogP contribution in [0.25, 0.3) is 5.65 Å². The lowest BCUT2D eigenvalue weighted by Crippen LogP contribution is -2.62. The number of fused-ring (bicyclic) bond motifs is 1. The quantitative estimate of drug-likeness (QED) is 0.725. The van der Waals surface area contributed by atoms with Crippen molar-refractivity contribution in [1.29, 1.82) is 0 Å². The lowest BCUT2D eigenvalue weighted by atomic mass is 9.94. The van der Waals surface area contributed by atoms with Crippen molar-refractivity contribution in [3.63, 3.8) is 0 Å². The molecule has 28 heavy (non-hydrogen) atoms. The molecule has 0 saturated carbocycles. The van der Waals surface area contributed by atoms with Gasteiger partial charge in [-0.3, -0.25) is 14.4 Å². The summed E-state index contributed by atoms with van der Waals surface area (Å²) in [6, 6.07) is 1.53. The van der Waals surface area contributed by atoms with E-state index in [4.69, 9.17) is 0 Å². The van der Waals surface area contributed by atoms with Crippen LogP contribution in [0.15, 0.2) is 17.1 Å². The second-order valence-electron chi connectivity index (χ2n) is 7.81. The average molecular weight is 390 g/mol. The van der Waals surface area contributed by atoms with Crippen molar-refractivity contribution in [2.24, 2.45) is 0 Å². The molecule has 0 unspecified atom stereocenters. The fraction of sp³-hybridized carbons (Fsp3) is 0.556. The maximum absolute atomic E-state index is 13.7. The van der Waals surface area contributed by atoms with Crippen LogP contribution in [0.3, 0.4) is 0 Å². The minimum absolute atomic E-state index is 0.0592. The van der Waals surface area contributed by atoms with E-state index in [1.165, 1.54) is 31.0 Å². The molecular formula is C18H23FN6O3. The molecule has 10 heteroatoms. The van der Waals surface area contributed by atoms with Crippen LogP contribution in [0.4, 0.5) is 4.48 Å². The summed E-state index contributed by atoms with van der Waals surface area (Å²) in [5, 5.41) is 7.77. The highest BCUT2D eigenvalue weighted by molar-refractivity contribution is 6.03. The van der Waals surface area contributed by atoms with Crippen molar-refractivity contribution in [2.75, 3.05) is 26.2 Å². The zero-order chi connectivity index (χ0) is 20.1. The number of hydrogen-bond donors (Lipinski definition) is 2. The fourth-order valence-corrected chi connectivity index (χ4v) is 4.06. The van der Waals surface area contributed by atoms with Crippen molar-refractivity contribution >= 4 is 17.5 Å². The number of rotatable bonds is 2. The normalized spacial score (nSPS) is 20.8. The third-order valence-electron chi connectivity index (χ3n) is 5.71. The molecule has 2 aromatic rings. The van der Waals surface area contributed by atoms with Crippen molar-refractivity contribution in [3.8, 4) is 0 Å². The van der Waals surface area contributed by atoms with Gasteiger partial charge < -0.3 is 15.2 Å². The first-order valence-corrected chi connectivity index (χ1v) is 9.42. The Bertz CT molecular complexity index is 991. The molecule has 0 spiro atoms. The minimum Gasteiger partial charge on any atom is -0.322 e. The van der Waals surface area contributed by atoms with E-state index in [0.29, 0.717) is 5.65 Å². The summed E-state index contributed by atoms with van der Waals surface area (Å²) < 4.78 is 15.3. The van der Waals surface area contributed by atoms with Gasteiger partial charge in [-0.2, -0.15) is 10.2 Å². The van der Waals surface area contributed by atoms with Crippen LogP contribution < -0.4 is 10.9 Å². The van der Waals surface area contributed by atoms with Gasteiger partial charge in [0.15, 0.2) is 0 Å². The number of halogens is 1. The van der Waals surface area contributed by atoms with Gasteiger partial charge >= 0.3 is 0 Å². The zero-order valence-corrected chi connectivity index (χ0v) is 15.9. The van der Waals surface area contributed by atoms with Crippen LogP contribution in [-0.2, 0) is 4.79 Å². The van der Waals surface area contributed by atoms with Crippen LogP contribution in [0.2, 0.25) is 0 Å². The van der Waals surface area contributed by atoms with Crippen molar-refractivity contribution in [3.05, 3.63) is 33.9 Å². The van der Waals surface area contributed by atoms with E-state index in [1.807, 2.05) is 0 Å². The van der Waals surface area contributed by atoms with E-state index in [0.717, 1.165) is 31.6 Å². The fourth-order valence-electron chi connectivity index (χ4n) is 4.06. The van der Waals surface area contributed by atoms with Crippen LogP contribution >= 0.6 is 0 Å². The van der Waals surface area contributed by atoms with Crippen LogP contribution in [0.5, 0.6) is 0 Å². The number of piperazine rings is 1. The van der Waals surface area contributed by atoms with Crippen molar-refractivity contribution < 1.29 is 14.1 Å². The summed E-state index contributed by atoms with van der Waals surface area (Å²) in [6.45, 7) is 4.60. The third-order valence-corrected chi connectivity index (χ3v) is 5.71. The third kappa shape index (κ3) is 2.88. The number of carbonyl (C=O) groups excluding carboxylic acids is 2. The molecule has 0 aromatic carbocycles. The van der Waals surface area contributed by atoms with E-state index in [1.54, 1.807) is 4.52 Å². The number of aromatic amines is 1. The van der Waals surface area contributed by atoms with Gasteiger partial charge in [0.1, 0.15) is 16.7 Å². The Labute approximate surface area is 160 Å². The highest BCUT2D eigenvalue weighted by atomic mass is 19.2. The smallest absolute Gasteiger partial charge is 0.275 e. The number of carbonyl (C=O) groups is 2. The predicted octanol–water partition coefficient (Wildman–Crippen LogP) is 0.437. The highest BCUT2D eigenvalue weighted by Crippen LogP contribution is 2.28.